The first-order chi connectivity index (χ1) is 12.7. The van der Waals surface area contributed by atoms with Crippen molar-refractivity contribution < 1.29 is 0 Å². The van der Waals surface area contributed by atoms with Gasteiger partial charge in [-0.05, 0) is 31.7 Å². The zero-order chi connectivity index (χ0) is 17.6. The molecule has 3 aromatic heterocycles. The maximum Gasteiger partial charge on any atom is 0.139 e. The minimum absolute atomic E-state index is 0.318. The summed E-state index contributed by atoms with van der Waals surface area (Å²) in [7, 11) is 0. The van der Waals surface area contributed by atoms with Crippen LogP contribution in [0.2, 0.25) is 0 Å². The molecule has 1 aliphatic carbocycles. The first-order valence-electron chi connectivity index (χ1n) is 9.25. The lowest BCUT2D eigenvalue weighted by Crippen LogP contribution is -2.63. The number of nitrogens with one attached hydrogen (secondary N) is 2. The van der Waals surface area contributed by atoms with Crippen LogP contribution in [0.3, 0.4) is 0 Å². The summed E-state index contributed by atoms with van der Waals surface area (Å²) >= 11 is 0. The molecule has 1 aliphatic heterocycles. The third kappa shape index (κ3) is 2.83. The number of H-pyrrole nitrogens is 1. The molecule has 1 saturated heterocycles. The predicted molar refractivity (Wildman–Crippen MR) is 102 cm³/mol. The van der Waals surface area contributed by atoms with Gasteiger partial charge in [-0.2, -0.15) is 0 Å². The van der Waals surface area contributed by atoms with Crippen molar-refractivity contribution in [3.63, 3.8) is 0 Å². The van der Waals surface area contributed by atoms with Crippen LogP contribution in [0.15, 0.2) is 37.2 Å². The quantitative estimate of drug-likeness (QED) is 0.624. The molecule has 5 rings (SSSR count). The highest BCUT2D eigenvalue weighted by Gasteiger charge is 2.37. The molecule has 0 aromatic carbocycles. The van der Waals surface area contributed by atoms with Gasteiger partial charge in [0.25, 0.3) is 0 Å². The Morgan fingerprint density at radius 2 is 2.12 bits per heavy atom. The molecule has 134 valence electrons. The molecular weight excluding hydrogens is 326 g/mol. The lowest BCUT2D eigenvalue weighted by molar-refractivity contribution is 0.276. The van der Waals surface area contributed by atoms with Crippen molar-refractivity contribution in [2.24, 2.45) is 5.73 Å². The number of piperidine rings is 1. The minimum atomic E-state index is -0.318. The molecule has 0 bridgehead atoms. The predicted octanol–water partition coefficient (Wildman–Crippen LogP) is 2.03. The number of hydrogen-bond acceptors (Lipinski definition) is 6. The Kier molecular flexibility index (Phi) is 3.65. The lowest BCUT2D eigenvalue weighted by Gasteiger charge is -2.42. The highest BCUT2D eigenvalue weighted by Crippen LogP contribution is 2.36. The number of aromatic nitrogens is 4. The van der Waals surface area contributed by atoms with E-state index >= 15 is 0 Å². The van der Waals surface area contributed by atoms with Crippen molar-refractivity contribution in [3.8, 4) is 11.1 Å². The fourth-order valence-electron chi connectivity index (χ4n) is 4.01. The maximum atomic E-state index is 6.70. The fraction of sp³-hybridized carbons (Fsp3) is 0.421. The summed E-state index contributed by atoms with van der Waals surface area (Å²) in [5.41, 5.74) is 10.5. The van der Waals surface area contributed by atoms with Gasteiger partial charge in [0, 0.05) is 55.0 Å². The number of aromatic amines is 1. The van der Waals surface area contributed by atoms with Gasteiger partial charge in [-0.25, -0.2) is 15.0 Å². The Balaban J connectivity index is 1.55. The highest BCUT2D eigenvalue weighted by atomic mass is 15.3. The van der Waals surface area contributed by atoms with Crippen LogP contribution in [-0.2, 0) is 0 Å². The molecule has 1 atom stereocenters. The van der Waals surface area contributed by atoms with Gasteiger partial charge in [0.05, 0.1) is 16.7 Å². The largest absolute Gasteiger partial charge is 0.368 e. The van der Waals surface area contributed by atoms with Crippen LogP contribution in [0.1, 0.15) is 25.7 Å². The van der Waals surface area contributed by atoms with E-state index in [2.05, 4.69) is 36.2 Å². The van der Waals surface area contributed by atoms with Crippen LogP contribution in [-0.4, -0.2) is 44.7 Å². The standard InChI is InChI=1S/C19H23N7/c20-19(25-14-2-3-14)5-1-7-26(11-19)16-4-6-23-18-17(16)15(10-24-18)13-8-21-12-22-9-13/h4,6,8-10,12,14,25H,1-3,5,7,11,20H2,(H,23,24)/t19-/m0/s1. The molecule has 4 N–H and O–H groups in total. The van der Waals surface area contributed by atoms with Crippen LogP contribution < -0.4 is 16.0 Å². The Labute approximate surface area is 152 Å². The van der Waals surface area contributed by atoms with Gasteiger partial charge < -0.3 is 15.6 Å². The van der Waals surface area contributed by atoms with Gasteiger partial charge in [0.2, 0.25) is 0 Å². The second-order valence-electron chi connectivity index (χ2n) is 7.48. The number of nitrogens with two attached hydrogens (primary N) is 1. The Morgan fingerprint density at radius 1 is 1.27 bits per heavy atom. The molecule has 0 unspecified atom stereocenters. The SMILES string of the molecule is N[C@]1(NC2CC2)CCCN(c2ccnc3[nH]cc(-c4cncnc4)c23)C1. The van der Waals surface area contributed by atoms with E-state index in [9.17, 15) is 0 Å². The van der Waals surface area contributed by atoms with Crippen LogP contribution in [0, 0.1) is 0 Å². The molecule has 3 aromatic rings. The average Bonchev–Trinajstić information content (AvgIpc) is 3.35. The minimum Gasteiger partial charge on any atom is -0.368 e. The molecule has 2 aliphatic rings. The summed E-state index contributed by atoms with van der Waals surface area (Å²) < 4.78 is 0. The summed E-state index contributed by atoms with van der Waals surface area (Å²) in [6.07, 6.45) is 13.7. The van der Waals surface area contributed by atoms with Crippen molar-refractivity contribution in [3.05, 3.63) is 37.2 Å². The van der Waals surface area contributed by atoms with E-state index in [4.69, 9.17) is 5.73 Å². The third-order valence-electron chi connectivity index (χ3n) is 5.36. The summed E-state index contributed by atoms with van der Waals surface area (Å²) in [4.78, 5) is 18.5. The Hall–Kier alpha value is -2.51. The monoisotopic (exact) mass is 349 g/mol. The molecule has 26 heavy (non-hydrogen) atoms. The van der Waals surface area contributed by atoms with Crippen LogP contribution in [0.5, 0.6) is 0 Å². The zero-order valence-corrected chi connectivity index (χ0v) is 14.7. The van der Waals surface area contributed by atoms with Gasteiger partial charge in [0.15, 0.2) is 0 Å². The third-order valence-corrected chi connectivity index (χ3v) is 5.36. The molecule has 0 radical (unpaired) electrons. The van der Waals surface area contributed by atoms with Gasteiger partial charge in [-0.3, -0.25) is 5.32 Å². The Bertz CT molecular complexity index is 918. The first-order valence-corrected chi connectivity index (χ1v) is 9.25. The molecule has 7 nitrogen and oxygen atoms in total. The van der Waals surface area contributed by atoms with Crippen molar-refractivity contribution in [1.29, 1.82) is 0 Å². The summed E-state index contributed by atoms with van der Waals surface area (Å²) in [5.74, 6) is 0. The highest BCUT2D eigenvalue weighted by molar-refractivity contribution is 6.02. The average molecular weight is 349 g/mol. The van der Waals surface area contributed by atoms with E-state index in [0.29, 0.717) is 6.04 Å². The maximum absolute atomic E-state index is 6.70. The smallest absolute Gasteiger partial charge is 0.139 e. The molecule has 7 heteroatoms. The fourth-order valence-corrected chi connectivity index (χ4v) is 4.01. The number of fused-ring (bicyclic) bond motifs is 1. The van der Waals surface area contributed by atoms with Gasteiger partial charge in [-0.15, -0.1) is 0 Å². The van der Waals surface area contributed by atoms with E-state index in [0.717, 1.165) is 48.1 Å². The summed E-state index contributed by atoms with van der Waals surface area (Å²) in [6.45, 7) is 1.80. The normalized spacial score (nSPS) is 23.5. The summed E-state index contributed by atoms with van der Waals surface area (Å²) in [6, 6.07) is 2.69. The van der Waals surface area contributed by atoms with Crippen molar-refractivity contribution in [1.82, 2.24) is 25.3 Å². The second-order valence-corrected chi connectivity index (χ2v) is 7.48. The number of hydrogen-bond donors (Lipinski definition) is 3. The van der Waals surface area contributed by atoms with Crippen molar-refractivity contribution in [2.75, 3.05) is 18.0 Å². The van der Waals surface area contributed by atoms with Gasteiger partial charge >= 0.3 is 0 Å². The first kappa shape index (κ1) is 15.7. The lowest BCUT2D eigenvalue weighted by atomic mass is 9.97. The van der Waals surface area contributed by atoms with E-state index in [1.165, 1.54) is 18.5 Å². The molecule has 2 fully saturated rings. The van der Waals surface area contributed by atoms with Gasteiger partial charge in [-0.1, -0.05) is 0 Å². The molecule has 4 heterocycles. The topological polar surface area (TPSA) is 95.8 Å². The van der Waals surface area contributed by atoms with E-state index in [1.807, 2.05) is 24.8 Å². The van der Waals surface area contributed by atoms with E-state index < -0.39 is 0 Å². The molecule has 0 spiro atoms. The molecule has 0 amide bonds. The summed E-state index contributed by atoms with van der Waals surface area (Å²) in [5, 5.41) is 4.76. The van der Waals surface area contributed by atoms with Crippen molar-refractivity contribution in [2.45, 2.75) is 37.4 Å². The number of anilines is 1. The van der Waals surface area contributed by atoms with E-state index in [1.54, 1.807) is 6.33 Å². The van der Waals surface area contributed by atoms with Crippen LogP contribution in [0.25, 0.3) is 22.2 Å². The molecule has 1 saturated carbocycles. The van der Waals surface area contributed by atoms with E-state index in [-0.39, 0.29) is 5.66 Å². The number of rotatable bonds is 4. The van der Waals surface area contributed by atoms with Crippen LogP contribution >= 0.6 is 0 Å². The number of pyridine rings is 1. The molecular formula is C19H23N7. The Morgan fingerprint density at radius 3 is 2.92 bits per heavy atom. The second kappa shape index (κ2) is 6.03. The van der Waals surface area contributed by atoms with Gasteiger partial charge in [0.1, 0.15) is 12.0 Å². The number of nitrogens with zero attached hydrogens (tertiary/aromatic N) is 4. The zero-order valence-electron chi connectivity index (χ0n) is 14.7. The van der Waals surface area contributed by atoms with Crippen molar-refractivity contribution >= 4 is 16.7 Å². The van der Waals surface area contributed by atoms with Crippen LogP contribution in [0.4, 0.5) is 5.69 Å².